The molecule has 1 unspecified atom stereocenters. The molecule has 8 nitrogen and oxygen atoms in total. The van der Waals surface area contributed by atoms with Crippen LogP contribution in [0, 0.1) is 5.92 Å². The highest BCUT2D eigenvalue weighted by molar-refractivity contribution is 5.93. The summed E-state index contributed by atoms with van der Waals surface area (Å²) in [4.78, 5) is 12.1. The molecule has 0 aromatic heterocycles. The molecule has 0 amide bonds. The van der Waals surface area contributed by atoms with Crippen molar-refractivity contribution in [3.8, 4) is 11.5 Å². The van der Waals surface area contributed by atoms with Gasteiger partial charge in [0.05, 0.1) is 12.7 Å². The lowest BCUT2D eigenvalue weighted by Crippen LogP contribution is -2.56. The van der Waals surface area contributed by atoms with Crippen LogP contribution in [0.15, 0.2) is 29.4 Å². The Bertz CT molecular complexity index is 961. The molecular formula is C29H44O8. The van der Waals surface area contributed by atoms with Gasteiger partial charge in [0.1, 0.15) is 29.3 Å². The van der Waals surface area contributed by atoms with E-state index in [0.29, 0.717) is 12.0 Å². The van der Waals surface area contributed by atoms with Crippen molar-refractivity contribution in [1.82, 2.24) is 0 Å². The molecule has 37 heavy (non-hydrogen) atoms. The van der Waals surface area contributed by atoms with E-state index in [4.69, 9.17) is 9.47 Å². The van der Waals surface area contributed by atoms with Gasteiger partial charge in [-0.25, -0.2) is 4.79 Å². The zero-order valence-electron chi connectivity index (χ0n) is 22.7. The molecule has 0 bridgehead atoms. The quantitative estimate of drug-likeness (QED) is 0.189. The molecule has 5 atom stereocenters. The number of hydrogen-bond donors (Lipinski definition) is 5. The van der Waals surface area contributed by atoms with E-state index in [2.05, 4.69) is 13.0 Å². The monoisotopic (exact) mass is 520 g/mol. The second-order valence-corrected chi connectivity index (χ2v) is 10.3. The standard InChI is InChI=1S/C29H44O8/c1-6-7-8-12-20-15-22(36-29-26(32)19(5)25(31)23(16-30)37-29)21(27(33)24(20)28(34)35)14-13-18(4)11-9-10-17(2)3/h10,13,15,19,23,25-26,29-33H,6-9,11-12,14,16H2,1-5H3,(H,34,35)/b18-13+/t19-,23+,25-,26+,29?/m0/s1. The molecule has 1 saturated heterocycles. The molecule has 1 aromatic carbocycles. The van der Waals surface area contributed by atoms with Crippen molar-refractivity contribution in [2.24, 2.45) is 5.92 Å². The van der Waals surface area contributed by atoms with Gasteiger partial charge in [0, 0.05) is 11.5 Å². The summed E-state index contributed by atoms with van der Waals surface area (Å²) in [7, 11) is 0. The number of aliphatic hydroxyl groups excluding tert-OH is 3. The molecule has 1 aliphatic heterocycles. The maximum Gasteiger partial charge on any atom is 0.339 e. The number of unbranched alkanes of at least 4 members (excludes halogenated alkanes) is 2. The van der Waals surface area contributed by atoms with Crippen molar-refractivity contribution in [1.29, 1.82) is 0 Å². The molecule has 0 saturated carbocycles. The SMILES string of the molecule is CCCCCc1cc(OC2O[C@H](CO)[C@@H](O)[C@H](C)[C@H]2O)c(C/C=C(\C)CCC=C(C)C)c(O)c1C(=O)O. The fourth-order valence-corrected chi connectivity index (χ4v) is 4.50. The maximum absolute atomic E-state index is 12.1. The first kappa shape index (κ1) is 30.8. The van der Waals surface area contributed by atoms with Crippen LogP contribution in [0.3, 0.4) is 0 Å². The summed E-state index contributed by atoms with van der Waals surface area (Å²) < 4.78 is 11.7. The molecule has 5 N–H and O–H groups in total. The van der Waals surface area contributed by atoms with Gasteiger partial charge in [-0.1, -0.05) is 50.0 Å². The second kappa shape index (κ2) is 14.5. The first-order chi connectivity index (χ1) is 17.5. The summed E-state index contributed by atoms with van der Waals surface area (Å²) >= 11 is 0. The zero-order valence-corrected chi connectivity index (χ0v) is 22.7. The van der Waals surface area contributed by atoms with Crippen LogP contribution in [0.4, 0.5) is 0 Å². The Morgan fingerprint density at radius 3 is 2.43 bits per heavy atom. The summed E-state index contributed by atoms with van der Waals surface area (Å²) in [5.41, 5.74) is 2.90. The lowest BCUT2D eigenvalue weighted by Gasteiger charge is -2.40. The molecule has 208 valence electrons. The van der Waals surface area contributed by atoms with E-state index in [9.17, 15) is 30.3 Å². The lowest BCUT2D eigenvalue weighted by atomic mass is 9.90. The van der Waals surface area contributed by atoms with Gasteiger partial charge >= 0.3 is 5.97 Å². The van der Waals surface area contributed by atoms with E-state index in [1.807, 2.05) is 26.8 Å². The van der Waals surface area contributed by atoms with Gasteiger partial charge in [0.15, 0.2) is 0 Å². The maximum atomic E-state index is 12.1. The number of aliphatic hydroxyl groups is 3. The van der Waals surface area contributed by atoms with Gasteiger partial charge in [-0.15, -0.1) is 0 Å². The average Bonchev–Trinajstić information content (AvgIpc) is 2.83. The molecule has 1 heterocycles. The van der Waals surface area contributed by atoms with Crippen LogP contribution in [0.25, 0.3) is 0 Å². The van der Waals surface area contributed by atoms with E-state index < -0.39 is 43.1 Å². The third-order valence-electron chi connectivity index (χ3n) is 6.93. The topological polar surface area (TPSA) is 137 Å². The number of phenols is 1. The zero-order chi connectivity index (χ0) is 27.7. The van der Waals surface area contributed by atoms with Crippen LogP contribution >= 0.6 is 0 Å². The Morgan fingerprint density at radius 1 is 1.14 bits per heavy atom. The third-order valence-corrected chi connectivity index (χ3v) is 6.93. The fourth-order valence-electron chi connectivity index (χ4n) is 4.50. The van der Waals surface area contributed by atoms with E-state index in [0.717, 1.165) is 37.7 Å². The molecule has 1 aromatic rings. The van der Waals surface area contributed by atoms with E-state index in [1.54, 1.807) is 13.0 Å². The number of carbonyl (C=O) groups is 1. The number of allylic oxidation sites excluding steroid dienone is 4. The van der Waals surface area contributed by atoms with Crippen molar-refractivity contribution < 1.29 is 39.8 Å². The predicted octanol–water partition coefficient (Wildman–Crippen LogP) is 4.51. The number of ether oxygens (including phenoxy) is 2. The average molecular weight is 521 g/mol. The molecule has 8 heteroatoms. The van der Waals surface area contributed by atoms with Gasteiger partial charge in [0.25, 0.3) is 0 Å². The van der Waals surface area contributed by atoms with Gasteiger partial charge in [-0.05, 0) is 64.5 Å². The summed E-state index contributed by atoms with van der Waals surface area (Å²) in [5, 5.41) is 51.7. The molecule has 1 aliphatic rings. The highest BCUT2D eigenvalue weighted by Gasteiger charge is 2.43. The largest absolute Gasteiger partial charge is 0.507 e. The number of aromatic hydroxyl groups is 1. The van der Waals surface area contributed by atoms with Crippen molar-refractivity contribution in [2.75, 3.05) is 6.61 Å². The van der Waals surface area contributed by atoms with Crippen LogP contribution in [0.5, 0.6) is 11.5 Å². The number of hydrogen-bond acceptors (Lipinski definition) is 7. The molecule has 0 aliphatic carbocycles. The second-order valence-electron chi connectivity index (χ2n) is 10.3. The highest BCUT2D eigenvalue weighted by atomic mass is 16.7. The van der Waals surface area contributed by atoms with Crippen molar-refractivity contribution in [3.05, 3.63) is 46.1 Å². The lowest BCUT2D eigenvalue weighted by molar-refractivity contribution is -0.261. The summed E-state index contributed by atoms with van der Waals surface area (Å²) in [6.07, 6.45) is 4.63. The summed E-state index contributed by atoms with van der Waals surface area (Å²) in [6, 6.07) is 1.61. The fraction of sp³-hybridized carbons (Fsp3) is 0.621. The number of carboxylic acid groups (broad SMARTS) is 1. The Hall–Kier alpha value is -2.39. The Kier molecular flexibility index (Phi) is 12.1. The predicted molar refractivity (Wildman–Crippen MR) is 142 cm³/mol. The molecule has 0 radical (unpaired) electrons. The van der Waals surface area contributed by atoms with Crippen molar-refractivity contribution in [3.63, 3.8) is 0 Å². The van der Waals surface area contributed by atoms with Crippen molar-refractivity contribution >= 4 is 5.97 Å². The third kappa shape index (κ3) is 8.30. The number of aryl methyl sites for hydroxylation is 1. The van der Waals surface area contributed by atoms with Crippen LogP contribution in [0.1, 0.15) is 88.2 Å². The minimum absolute atomic E-state index is 0.142. The minimum Gasteiger partial charge on any atom is -0.507 e. The molecule has 0 spiro atoms. The Balaban J connectivity index is 2.49. The molecule has 2 rings (SSSR count). The van der Waals surface area contributed by atoms with Crippen LogP contribution in [0.2, 0.25) is 0 Å². The number of carboxylic acids is 1. The Morgan fingerprint density at radius 2 is 1.84 bits per heavy atom. The molecular weight excluding hydrogens is 476 g/mol. The first-order valence-corrected chi connectivity index (χ1v) is 13.2. The normalized spacial score (nSPS) is 24.1. The van der Waals surface area contributed by atoms with Gasteiger partial charge in [-0.3, -0.25) is 0 Å². The van der Waals surface area contributed by atoms with Crippen LogP contribution in [-0.4, -0.2) is 62.7 Å². The highest BCUT2D eigenvalue weighted by Crippen LogP contribution is 2.38. The van der Waals surface area contributed by atoms with Gasteiger partial charge < -0.3 is 35.0 Å². The number of benzene rings is 1. The van der Waals surface area contributed by atoms with Gasteiger partial charge in [-0.2, -0.15) is 0 Å². The van der Waals surface area contributed by atoms with Gasteiger partial charge in [0.2, 0.25) is 6.29 Å². The van der Waals surface area contributed by atoms with Crippen molar-refractivity contribution in [2.45, 2.75) is 104 Å². The van der Waals surface area contributed by atoms with E-state index in [-0.39, 0.29) is 29.0 Å². The smallest absolute Gasteiger partial charge is 0.339 e. The van der Waals surface area contributed by atoms with Crippen LogP contribution < -0.4 is 4.74 Å². The van der Waals surface area contributed by atoms with Crippen LogP contribution in [-0.2, 0) is 17.6 Å². The summed E-state index contributed by atoms with van der Waals surface area (Å²) in [5.74, 6) is -1.99. The Labute approximate surface area is 220 Å². The molecule has 1 fully saturated rings. The van der Waals surface area contributed by atoms with E-state index in [1.165, 1.54) is 5.57 Å². The first-order valence-electron chi connectivity index (χ1n) is 13.2. The number of aromatic carboxylic acids is 1. The summed E-state index contributed by atoms with van der Waals surface area (Å²) in [6.45, 7) is 9.30. The minimum atomic E-state index is -1.22. The number of rotatable bonds is 13. The van der Waals surface area contributed by atoms with E-state index >= 15 is 0 Å².